The van der Waals surface area contributed by atoms with E-state index in [1.54, 1.807) is 13.8 Å². The maximum atomic E-state index is 11.1. The summed E-state index contributed by atoms with van der Waals surface area (Å²) in [7, 11) is 1.31. The largest absolute Gasteiger partial charge is 0.469 e. The summed E-state index contributed by atoms with van der Waals surface area (Å²) < 4.78 is 9.42. The number of hydrogen-bond acceptors (Lipinski definition) is 4. The van der Waals surface area contributed by atoms with E-state index in [0.717, 1.165) is 0 Å². The first-order chi connectivity index (χ1) is 5.57. The molecule has 0 spiro atoms. The van der Waals surface area contributed by atoms with E-state index in [1.807, 2.05) is 0 Å². The van der Waals surface area contributed by atoms with E-state index in [0.29, 0.717) is 0 Å². The van der Waals surface area contributed by atoms with Gasteiger partial charge in [0.15, 0.2) is 0 Å². The molecule has 68 valence electrons. The minimum absolute atomic E-state index is 0.321. The van der Waals surface area contributed by atoms with Crippen molar-refractivity contribution in [1.82, 2.24) is 0 Å². The highest BCUT2D eigenvalue weighted by Crippen LogP contribution is 2.28. The molecule has 1 aliphatic rings. The molecular weight excluding hydrogens is 160 g/mol. The van der Waals surface area contributed by atoms with Crippen molar-refractivity contribution in [3.8, 4) is 0 Å². The van der Waals surface area contributed by atoms with Gasteiger partial charge in [0.25, 0.3) is 0 Å². The molecule has 3 unspecified atom stereocenters. The van der Waals surface area contributed by atoms with Gasteiger partial charge in [0, 0.05) is 0 Å². The van der Waals surface area contributed by atoms with Crippen LogP contribution in [0.3, 0.4) is 0 Å². The van der Waals surface area contributed by atoms with Crippen molar-refractivity contribution in [2.24, 2.45) is 11.8 Å². The highest BCUT2D eigenvalue weighted by Gasteiger charge is 2.44. The van der Waals surface area contributed by atoms with Crippen molar-refractivity contribution in [2.75, 3.05) is 7.11 Å². The van der Waals surface area contributed by atoms with Gasteiger partial charge in [-0.05, 0) is 6.92 Å². The first-order valence-corrected chi connectivity index (χ1v) is 3.86. The molecule has 0 aromatic carbocycles. The molecule has 0 aromatic heterocycles. The van der Waals surface area contributed by atoms with Crippen LogP contribution in [0.15, 0.2) is 0 Å². The van der Waals surface area contributed by atoms with Gasteiger partial charge in [-0.15, -0.1) is 0 Å². The first-order valence-electron chi connectivity index (χ1n) is 3.86. The highest BCUT2D eigenvalue weighted by atomic mass is 16.6. The second-order valence-corrected chi connectivity index (χ2v) is 2.98. The lowest BCUT2D eigenvalue weighted by Gasteiger charge is -2.11. The van der Waals surface area contributed by atoms with Crippen LogP contribution >= 0.6 is 0 Å². The van der Waals surface area contributed by atoms with Gasteiger partial charge in [-0.2, -0.15) is 0 Å². The number of rotatable bonds is 1. The Kier molecular flexibility index (Phi) is 2.35. The van der Waals surface area contributed by atoms with Gasteiger partial charge in [-0.1, -0.05) is 6.92 Å². The van der Waals surface area contributed by atoms with Crippen LogP contribution in [-0.4, -0.2) is 25.2 Å². The normalized spacial score (nSPS) is 34.6. The van der Waals surface area contributed by atoms with Gasteiger partial charge >= 0.3 is 11.9 Å². The molecular formula is C8H12O4. The Balaban J connectivity index is 2.76. The fourth-order valence-corrected chi connectivity index (χ4v) is 1.45. The van der Waals surface area contributed by atoms with E-state index < -0.39 is 5.92 Å². The first kappa shape index (κ1) is 9.03. The molecule has 0 aliphatic carbocycles. The zero-order valence-electron chi connectivity index (χ0n) is 7.37. The van der Waals surface area contributed by atoms with Gasteiger partial charge in [0.1, 0.15) is 12.0 Å². The fraction of sp³-hybridized carbons (Fsp3) is 0.750. The second kappa shape index (κ2) is 3.13. The van der Waals surface area contributed by atoms with Crippen molar-refractivity contribution >= 4 is 11.9 Å². The second-order valence-electron chi connectivity index (χ2n) is 2.98. The minimum atomic E-state index is -0.442. The minimum Gasteiger partial charge on any atom is -0.469 e. The van der Waals surface area contributed by atoms with E-state index in [9.17, 15) is 9.59 Å². The van der Waals surface area contributed by atoms with Crippen molar-refractivity contribution in [3.63, 3.8) is 0 Å². The van der Waals surface area contributed by atoms with Crippen molar-refractivity contribution in [1.29, 1.82) is 0 Å². The number of hydrogen-bond donors (Lipinski definition) is 0. The Morgan fingerprint density at radius 2 is 2.08 bits per heavy atom. The van der Waals surface area contributed by atoms with Crippen molar-refractivity contribution in [2.45, 2.75) is 20.0 Å². The summed E-state index contributed by atoms with van der Waals surface area (Å²) in [6, 6.07) is 0. The predicted molar refractivity (Wildman–Crippen MR) is 40.2 cm³/mol. The van der Waals surface area contributed by atoms with Crippen LogP contribution < -0.4 is 0 Å². The lowest BCUT2D eigenvalue weighted by Crippen LogP contribution is -2.27. The summed E-state index contributed by atoms with van der Waals surface area (Å²) in [5, 5.41) is 0. The lowest BCUT2D eigenvalue weighted by molar-refractivity contribution is -0.147. The van der Waals surface area contributed by atoms with Crippen LogP contribution in [0.5, 0.6) is 0 Å². The molecule has 0 bridgehead atoms. The molecule has 0 amide bonds. The van der Waals surface area contributed by atoms with Crippen LogP contribution in [0.1, 0.15) is 13.8 Å². The SMILES string of the molecule is COC(=O)C1C(C)OC(=O)C1C. The fourth-order valence-electron chi connectivity index (χ4n) is 1.45. The molecule has 1 heterocycles. The topological polar surface area (TPSA) is 52.6 Å². The molecule has 1 rings (SSSR count). The van der Waals surface area contributed by atoms with Crippen LogP contribution in [0.2, 0.25) is 0 Å². The summed E-state index contributed by atoms with van der Waals surface area (Å²) in [4.78, 5) is 22.1. The summed E-state index contributed by atoms with van der Waals surface area (Å²) in [5.41, 5.74) is 0. The smallest absolute Gasteiger partial charge is 0.313 e. The Labute approximate surface area is 70.8 Å². The van der Waals surface area contributed by atoms with E-state index in [-0.39, 0.29) is 24.0 Å². The molecule has 4 heteroatoms. The number of methoxy groups -OCH3 is 1. The average molecular weight is 172 g/mol. The van der Waals surface area contributed by atoms with Gasteiger partial charge in [-0.3, -0.25) is 9.59 Å². The van der Waals surface area contributed by atoms with Crippen LogP contribution in [0.4, 0.5) is 0 Å². The Morgan fingerprint density at radius 1 is 1.50 bits per heavy atom. The van der Waals surface area contributed by atoms with E-state index >= 15 is 0 Å². The molecule has 4 nitrogen and oxygen atoms in total. The summed E-state index contributed by atoms with van der Waals surface area (Å²) in [5.74, 6) is -1.52. The monoisotopic (exact) mass is 172 g/mol. The summed E-state index contributed by atoms with van der Waals surface area (Å²) >= 11 is 0. The predicted octanol–water partition coefficient (Wildman–Crippen LogP) is 0.357. The Hall–Kier alpha value is -1.06. The third-order valence-corrected chi connectivity index (χ3v) is 2.19. The summed E-state index contributed by atoms with van der Waals surface area (Å²) in [6.07, 6.45) is -0.361. The quantitative estimate of drug-likeness (QED) is 0.536. The van der Waals surface area contributed by atoms with Gasteiger partial charge in [0.2, 0.25) is 0 Å². The summed E-state index contributed by atoms with van der Waals surface area (Å²) in [6.45, 7) is 3.37. The zero-order valence-corrected chi connectivity index (χ0v) is 7.37. The molecule has 12 heavy (non-hydrogen) atoms. The Morgan fingerprint density at radius 3 is 2.42 bits per heavy atom. The number of esters is 2. The number of carbonyl (C=O) groups excluding carboxylic acids is 2. The maximum absolute atomic E-state index is 11.1. The van der Waals surface area contributed by atoms with Gasteiger partial charge in [-0.25, -0.2) is 0 Å². The van der Waals surface area contributed by atoms with E-state index in [1.165, 1.54) is 7.11 Å². The molecule has 0 N–H and O–H groups in total. The van der Waals surface area contributed by atoms with Crippen LogP contribution in [-0.2, 0) is 19.1 Å². The maximum Gasteiger partial charge on any atom is 0.313 e. The third kappa shape index (κ3) is 1.29. The number of ether oxygens (including phenoxy) is 2. The molecule has 0 saturated carbocycles. The zero-order chi connectivity index (χ0) is 9.30. The lowest BCUT2D eigenvalue weighted by atomic mass is 9.93. The number of carbonyl (C=O) groups is 2. The molecule has 3 atom stereocenters. The van der Waals surface area contributed by atoms with Crippen LogP contribution in [0.25, 0.3) is 0 Å². The van der Waals surface area contributed by atoms with E-state index in [2.05, 4.69) is 4.74 Å². The van der Waals surface area contributed by atoms with Crippen LogP contribution in [0, 0.1) is 11.8 Å². The number of cyclic esters (lactones) is 1. The molecule has 1 aliphatic heterocycles. The van der Waals surface area contributed by atoms with Gasteiger partial charge in [0.05, 0.1) is 13.0 Å². The average Bonchev–Trinajstić information content (AvgIpc) is 2.26. The molecule has 0 radical (unpaired) electrons. The molecule has 1 saturated heterocycles. The molecule has 1 fully saturated rings. The van der Waals surface area contributed by atoms with Crippen molar-refractivity contribution in [3.05, 3.63) is 0 Å². The Bertz CT molecular complexity index is 211. The third-order valence-electron chi connectivity index (χ3n) is 2.19. The molecule has 0 aromatic rings. The van der Waals surface area contributed by atoms with Crippen molar-refractivity contribution < 1.29 is 19.1 Å². The van der Waals surface area contributed by atoms with Gasteiger partial charge < -0.3 is 9.47 Å². The van der Waals surface area contributed by atoms with E-state index in [4.69, 9.17) is 4.74 Å². The highest BCUT2D eigenvalue weighted by molar-refractivity contribution is 5.85. The standard InChI is InChI=1S/C8H12O4/c1-4-6(8(10)11-3)5(2)12-7(4)9/h4-6H,1-3H3.